The van der Waals surface area contributed by atoms with Crippen molar-refractivity contribution in [3.8, 4) is 0 Å². The molecule has 2 atom stereocenters. The molecule has 0 aliphatic heterocycles. The topological polar surface area (TPSA) is 113 Å². The quantitative estimate of drug-likeness (QED) is 0.0425. The Morgan fingerprint density at radius 2 is 1.85 bits per heavy atom. The molecule has 0 aromatic carbocycles. The molecule has 0 saturated heterocycles. The van der Waals surface area contributed by atoms with Gasteiger partial charge in [-0.3, -0.25) is 14.7 Å². The zero-order chi connectivity index (χ0) is 30.9. The van der Waals surface area contributed by atoms with Crippen molar-refractivity contribution in [2.45, 2.75) is 60.2 Å². The molecule has 0 heterocycles. The molecule has 0 saturated carbocycles. The molecular weight excluding hydrogens is 504 g/mol. The van der Waals surface area contributed by atoms with E-state index in [4.69, 9.17) is 10.1 Å². The Bertz CT molecular complexity index is 1040. The number of aliphatic imine (C=N–C) groups is 1. The summed E-state index contributed by atoms with van der Waals surface area (Å²) < 4.78 is 5.92. The molecular formula is C31H50N6O3. The van der Waals surface area contributed by atoms with Crippen molar-refractivity contribution in [2.24, 2.45) is 10.4 Å². The van der Waals surface area contributed by atoms with E-state index in [9.17, 15) is 9.90 Å². The highest BCUT2D eigenvalue weighted by molar-refractivity contribution is 5.92. The first-order valence-corrected chi connectivity index (χ1v) is 13.3. The number of hydrogen-bond acceptors (Lipinski definition) is 6. The molecule has 0 radical (unpaired) electrons. The fourth-order valence-electron chi connectivity index (χ4n) is 3.71. The van der Waals surface area contributed by atoms with Crippen molar-refractivity contribution >= 4 is 18.1 Å². The van der Waals surface area contributed by atoms with E-state index in [2.05, 4.69) is 46.0 Å². The number of nitrogens with one attached hydrogen (secondary N) is 3. The van der Waals surface area contributed by atoms with Crippen LogP contribution in [0.5, 0.6) is 0 Å². The van der Waals surface area contributed by atoms with Crippen LogP contribution < -0.4 is 10.6 Å². The van der Waals surface area contributed by atoms with E-state index in [1.807, 2.05) is 59.6 Å². The first kappa shape index (κ1) is 36.4. The summed E-state index contributed by atoms with van der Waals surface area (Å²) in [6.07, 6.45) is 10.3. The minimum Gasteiger partial charge on any atom is -0.447 e. The van der Waals surface area contributed by atoms with Gasteiger partial charge in [0.1, 0.15) is 5.76 Å². The van der Waals surface area contributed by atoms with Crippen LogP contribution in [-0.2, 0) is 9.53 Å². The Morgan fingerprint density at radius 3 is 2.30 bits per heavy atom. The van der Waals surface area contributed by atoms with Gasteiger partial charge < -0.3 is 30.8 Å². The van der Waals surface area contributed by atoms with Gasteiger partial charge in [-0.05, 0) is 33.3 Å². The molecule has 9 nitrogen and oxygen atoms in total. The minimum atomic E-state index is -0.440. The van der Waals surface area contributed by atoms with Gasteiger partial charge in [-0.25, -0.2) is 0 Å². The van der Waals surface area contributed by atoms with Crippen molar-refractivity contribution in [3.05, 3.63) is 78.6 Å². The highest BCUT2D eigenvalue weighted by Gasteiger charge is 2.26. The van der Waals surface area contributed by atoms with Crippen LogP contribution in [0.4, 0.5) is 0 Å². The van der Waals surface area contributed by atoms with Gasteiger partial charge in [-0.1, -0.05) is 76.1 Å². The predicted octanol–water partition coefficient (Wildman–Crippen LogP) is 4.50. The Labute approximate surface area is 241 Å². The summed E-state index contributed by atoms with van der Waals surface area (Å²) in [6, 6.07) is -0.345. The summed E-state index contributed by atoms with van der Waals surface area (Å²) >= 11 is 0. The number of rotatable bonds is 16. The lowest BCUT2D eigenvalue weighted by atomic mass is 9.93. The average Bonchev–Trinajstić information content (AvgIpc) is 2.91. The maximum atomic E-state index is 13.3. The molecule has 1 unspecified atom stereocenters. The van der Waals surface area contributed by atoms with Gasteiger partial charge in [0.15, 0.2) is 5.96 Å². The van der Waals surface area contributed by atoms with Gasteiger partial charge in [0.25, 0.3) is 5.91 Å². The monoisotopic (exact) mass is 554 g/mol. The van der Waals surface area contributed by atoms with Crippen LogP contribution in [0.1, 0.15) is 48.0 Å². The molecule has 40 heavy (non-hydrogen) atoms. The molecule has 9 heteroatoms. The van der Waals surface area contributed by atoms with E-state index in [0.29, 0.717) is 36.9 Å². The summed E-state index contributed by atoms with van der Waals surface area (Å²) in [5.41, 5.74) is 3.80. The number of guanidine groups is 1. The van der Waals surface area contributed by atoms with Gasteiger partial charge in [0.2, 0.25) is 5.76 Å². The Hall–Kier alpha value is -3.65. The fourth-order valence-corrected chi connectivity index (χ4v) is 3.71. The fraction of sp³-hybridized carbons (Fsp3) is 0.484. The van der Waals surface area contributed by atoms with Crippen molar-refractivity contribution in [2.75, 3.05) is 33.8 Å². The molecule has 0 rings (SSSR count). The highest BCUT2D eigenvalue weighted by atomic mass is 16.5. The first-order chi connectivity index (χ1) is 18.8. The van der Waals surface area contributed by atoms with Crippen LogP contribution in [0.3, 0.4) is 0 Å². The SMILES string of the molecule is C=C=C(O/C(=C/C=C)C(C)(C)C)C(=O)N[C@H](CCN(CCO)C(C)N(C)/C(=N\C)N/C(C=N)=C/C)/C(C)=C/C=C. The van der Waals surface area contributed by atoms with Gasteiger partial charge >= 0.3 is 0 Å². The number of aliphatic hydroxyl groups excluding tert-OH is 1. The number of amides is 1. The van der Waals surface area contributed by atoms with E-state index in [1.54, 1.807) is 31.4 Å². The normalized spacial score (nSPS) is 14.6. The van der Waals surface area contributed by atoms with E-state index in [-0.39, 0.29) is 30.0 Å². The van der Waals surface area contributed by atoms with Crippen LogP contribution in [0, 0.1) is 10.8 Å². The number of nitrogens with zero attached hydrogens (tertiary/aromatic N) is 3. The summed E-state index contributed by atoms with van der Waals surface area (Å²) in [4.78, 5) is 21.6. The number of carbonyl (C=O) groups excluding carboxylic acids is 1. The Balaban J connectivity index is 5.90. The first-order valence-electron chi connectivity index (χ1n) is 13.3. The van der Waals surface area contributed by atoms with E-state index >= 15 is 0 Å². The maximum absolute atomic E-state index is 13.3. The van der Waals surface area contributed by atoms with Gasteiger partial charge in [0.05, 0.1) is 24.5 Å². The number of allylic oxidation sites excluding steroid dienone is 7. The molecule has 222 valence electrons. The maximum Gasteiger partial charge on any atom is 0.295 e. The summed E-state index contributed by atoms with van der Waals surface area (Å²) in [6.45, 7) is 23.8. The van der Waals surface area contributed by atoms with E-state index in [1.165, 1.54) is 6.21 Å². The summed E-state index contributed by atoms with van der Waals surface area (Å²) in [5, 5.41) is 23.6. The Morgan fingerprint density at radius 1 is 1.23 bits per heavy atom. The largest absolute Gasteiger partial charge is 0.447 e. The molecule has 0 fully saturated rings. The molecule has 0 aromatic heterocycles. The second-order valence-electron chi connectivity index (χ2n) is 10.1. The molecule has 0 spiro atoms. The third-order valence-corrected chi connectivity index (χ3v) is 6.27. The van der Waals surface area contributed by atoms with Crippen molar-refractivity contribution in [1.29, 1.82) is 5.41 Å². The molecule has 0 aliphatic carbocycles. The van der Waals surface area contributed by atoms with Crippen molar-refractivity contribution < 1.29 is 14.6 Å². The summed E-state index contributed by atoms with van der Waals surface area (Å²) in [7, 11) is 3.57. The lowest BCUT2D eigenvalue weighted by Gasteiger charge is -2.37. The molecule has 0 aromatic rings. The zero-order valence-electron chi connectivity index (χ0n) is 25.7. The number of carbonyl (C=O) groups is 1. The van der Waals surface area contributed by atoms with Gasteiger partial charge in [-0.15, -0.1) is 0 Å². The molecule has 0 aliphatic rings. The second kappa shape index (κ2) is 18.6. The minimum absolute atomic E-state index is 0.0272. The Kier molecular flexibility index (Phi) is 16.9. The highest BCUT2D eigenvalue weighted by Crippen LogP contribution is 2.28. The predicted molar refractivity (Wildman–Crippen MR) is 167 cm³/mol. The van der Waals surface area contributed by atoms with Gasteiger partial charge in [-0.2, -0.15) is 0 Å². The van der Waals surface area contributed by atoms with E-state index in [0.717, 1.165) is 5.57 Å². The number of aliphatic hydroxyl groups is 1. The van der Waals surface area contributed by atoms with Gasteiger partial charge in [0, 0.05) is 38.8 Å². The summed E-state index contributed by atoms with van der Waals surface area (Å²) in [5.74, 6) is 0.682. The number of ether oxygens (including phenoxy) is 1. The van der Waals surface area contributed by atoms with Crippen LogP contribution in [0.15, 0.2) is 83.6 Å². The third kappa shape index (κ3) is 12.0. The molecule has 0 bridgehead atoms. The van der Waals surface area contributed by atoms with Crippen LogP contribution in [0.2, 0.25) is 0 Å². The molecule has 1 amide bonds. The van der Waals surface area contributed by atoms with Crippen LogP contribution >= 0.6 is 0 Å². The lowest BCUT2D eigenvalue weighted by molar-refractivity contribution is -0.121. The van der Waals surface area contributed by atoms with Crippen molar-refractivity contribution in [3.63, 3.8) is 0 Å². The van der Waals surface area contributed by atoms with Crippen molar-refractivity contribution in [1.82, 2.24) is 20.4 Å². The lowest BCUT2D eigenvalue weighted by Crippen LogP contribution is -2.53. The van der Waals surface area contributed by atoms with Crippen LogP contribution in [0.25, 0.3) is 0 Å². The standard InChI is InChI=1S/C31H50N6O3/c1-12-16-23(5)26(35-29(39)27(15-4)40-28(17-13-2)31(7,8)9)18-19-37(20-21-38)24(6)36(11)30(33-10)34-25(14-3)22-32/h12-14,16-17,22,24,26,32,38H,1-2,4,18-21H2,3,5-11H3,(H,33,34)(H,35,39)/b23-16+,25-14+,28-17+,32-22?/t24?,26-/m1/s1. The smallest absolute Gasteiger partial charge is 0.295 e. The average molecular weight is 555 g/mol. The third-order valence-electron chi connectivity index (χ3n) is 6.27. The molecule has 4 N–H and O–H groups in total. The zero-order valence-corrected chi connectivity index (χ0v) is 25.7. The second-order valence-corrected chi connectivity index (χ2v) is 10.1. The van der Waals surface area contributed by atoms with E-state index < -0.39 is 5.91 Å². The number of hydrogen-bond donors (Lipinski definition) is 4. The van der Waals surface area contributed by atoms with Crippen LogP contribution in [-0.4, -0.2) is 79.0 Å².